The van der Waals surface area contributed by atoms with Gasteiger partial charge in [0.05, 0.1) is 35.9 Å². The minimum Gasteiger partial charge on any atom is -0.497 e. The monoisotopic (exact) mass is 370 g/mol. The molecule has 0 atom stereocenters. The van der Waals surface area contributed by atoms with Gasteiger partial charge in [0.15, 0.2) is 5.76 Å². The Morgan fingerprint density at radius 1 is 1.23 bits per heavy atom. The standard InChI is InChI=1S/C19H18N2O4S/c1-23-12-5-6-13(14(10-12)24-2)20-18(22)19(7-8-19)17-11-15(25-21-17)16-4-3-9-26-16/h3-6,9-11H,7-8H2,1-2H3,(H,20,22). The molecule has 0 radical (unpaired) electrons. The summed E-state index contributed by atoms with van der Waals surface area (Å²) in [4.78, 5) is 13.9. The van der Waals surface area contributed by atoms with Crippen LogP contribution in [0.25, 0.3) is 10.6 Å². The van der Waals surface area contributed by atoms with Crippen molar-refractivity contribution in [2.24, 2.45) is 0 Å². The Labute approximate surface area is 154 Å². The lowest BCUT2D eigenvalue weighted by Gasteiger charge is -2.15. The number of carbonyl (C=O) groups excluding carboxylic acids is 1. The molecule has 0 unspecified atom stereocenters. The molecule has 3 aromatic rings. The van der Waals surface area contributed by atoms with Gasteiger partial charge >= 0.3 is 0 Å². The van der Waals surface area contributed by atoms with Crippen LogP contribution in [0.15, 0.2) is 46.3 Å². The Hall–Kier alpha value is -2.80. The Kier molecular flexibility index (Phi) is 4.16. The van der Waals surface area contributed by atoms with E-state index in [1.54, 1.807) is 43.8 Å². The third-order valence-electron chi connectivity index (χ3n) is 4.61. The number of benzene rings is 1. The van der Waals surface area contributed by atoms with Crippen molar-refractivity contribution in [2.45, 2.75) is 18.3 Å². The van der Waals surface area contributed by atoms with Gasteiger partial charge in [0, 0.05) is 12.1 Å². The molecule has 0 spiro atoms. The van der Waals surface area contributed by atoms with Crippen LogP contribution >= 0.6 is 11.3 Å². The average Bonchev–Trinajstić information content (AvgIpc) is 3.09. The molecule has 1 aliphatic carbocycles. The highest BCUT2D eigenvalue weighted by Crippen LogP contribution is 2.49. The first-order chi connectivity index (χ1) is 12.7. The topological polar surface area (TPSA) is 73.6 Å². The molecule has 7 heteroatoms. The molecule has 1 saturated carbocycles. The van der Waals surface area contributed by atoms with E-state index in [1.165, 1.54) is 0 Å². The van der Waals surface area contributed by atoms with Crippen LogP contribution in [-0.2, 0) is 10.2 Å². The summed E-state index contributed by atoms with van der Waals surface area (Å²) in [5.41, 5.74) is 0.640. The molecule has 6 nitrogen and oxygen atoms in total. The predicted octanol–water partition coefficient (Wildman–Crippen LogP) is 4.09. The van der Waals surface area contributed by atoms with E-state index < -0.39 is 5.41 Å². The quantitative estimate of drug-likeness (QED) is 0.707. The number of anilines is 1. The van der Waals surface area contributed by atoms with E-state index in [-0.39, 0.29) is 5.91 Å². The SMILES string of the molecule is COc1ccc(NC(=O)C2(c3cc(-c4cccs4)on3)CC2)c(OC)c1. The van der Waals surface area contributed by atoms with E-state index in [2.05, 4.69) is 10.5 Å². The average molecular weight is 370 g/mol. The van der Waals surface area contributed by atoms with Gasteiger partial charge in [0.1, 0.15) is 11.5 Å². The maximum atomic E-state index is 12.9. The molecule has 0 saturated heterocycles. The fourth-order valence-corrected chi connectivity index (χ4v) is 3.58. The molecule has 0 aliphatic heterocycles. The van der Waals surface area contributed by atoms with E-state index in [1.807, 2.05) is 23.6 Å². The van der Waals surface area contributed by atoms with Crippen LogP contribution in [0, 0.1) is 0 Å². The molecule has 0 bridgehead atoms. The summed E-state index contributed by atoms with van der Waals surface area (Å²) in [7, 11) is 3.14. The van der Waals surface area contributed by atoms with Crippen molar-refractivity contribution >= 4 is 22.9 Å². The Bertz CT molecular complexity index is 929. The van der Waals surface area contributed by atoms with E-state index in [9.17, 15) is 4.79 Å². The summed E-state index contributed by atoms with van der Waals surface area (Å²) in [6.45, 7) is 0. The fraction of sp³-hybridized carbons (Fsp3) is 0.263. The first-order valence-corrected chi connectivity index (χ1v) is 9.09. The Morgan fingerprint density at radius 3 is 2.73 bits per heavy atom. The second-order valence-corrected chi connectivity index (χ2v) is 7.10. The van der Waals surface area contributed by atoms with Crippen molar-refractivity contribution in [3.05, 3.63) is 47.5 Å². The number of amides is 1. The van der Waals surface area contributed by atoms with Crippen molar-refractivity contribution in [2.75, 3.05) is 19.5 Å². The van der Waals surface area contributed by atoms with Gasteiger partial charge in [-0.15, -0.1) is 11.3 Å². The van der Waals surface area contributed by atoms with E-state index in [4.69, 9.17) is 14.0 Å². The zero-order valence-electron chi connectivity index (χ0n) is 14.4. The number of nitrogens with one attached hydrogen (secondary N) is 1. The summed E-state index contributed by atoms with van der Waals surface area (Å²) in [6, 6.07) is 11.1. The zero-order chi connectivity index (χ0) is 18.1. The molecular weight excluding hydrogens is 352 g/mol. The van der Waals surface area contributed by atoms with Gasteiger partial charge in [0.2, 0.25) is 5.91 Å². The lowest BCUT2D eigenvalue weighted by atomic mass is 10.0. The van der Waals surface area contributed by atoms with Gasteiger partial charge in [-0.2, -0.15) is 0 Å². The summed E-state index contributed by atoms with van der Waals surface area (Å²) in [6.07, 6.45) is 1.49. The fourth-order valence-electron chi connectivity index (χ4n) is 2.90. The number of rotatable bonds is 6. The van der Waals surface area contributed by atoms with Crippen LogP contribution in [0.5, 0.6) is 11.5 Å². The van der Waals surface area contributed by atoms with Crippen LogP contribution in [-0.4, -0.2) is 25.3 Å². The number of hydrogen-bond donors (Lipinski definition) is 1. The molecule has 134 valence electrons. The normalized spacial score (nSPS) is 14.7. The van der Waals surface area contributed by atoms with Crippen molar-refractivity contribution < 1.29 is 18.8 Å². The molecular formula is C19H18N2O4S. The zero-order valence-corrected chi connectivity index (χ0v) is 15.3. The van der Waals surface area contributed by atoms with Gasteiger partial charge in [-0.25, -0.2) is 0 Å². The van der Waals surface area contributed by atoms with Gasteiger partial charge < -0.3 is 19.3 Å². The van der Waals surface area contributed by atoms with E-state index in [0.29, 0.717) is 28.6 Å². The van der Waals surface area contributed by atoms with Gasteiger partial charge in [-0.05, 0) is 36.4 Å². The molecule has 1 N–H and O–H groups in total. The summed E-state index contributed by atoms with van der Waals surface area (Å²) in [5.74, 6) is 1.80. The van der Waals surface area contributed by atoms with Crippen LogP contribution in [0.2, 0.25) is 0 Å². The van der Waals surface area contributed by atoms with E-state index in [0.717, 1.165) is 17.7 Å². The van der Waals surface area contributed by atoms with Crippen molar-refractivity contribution in [1.29, 1.82) is 0 Å². The number of methoxy groups -OCH3 is 2. The van der Waals surface area contributed by atoms with Crippen LogP contribution < -0.4 is 14.8 Å². The van der Waals surface area contributed by atoms with Crippen molar-refractivity contribution in [3.8, 4) is 22.1 Å². The van der Waals surface area contributed by atoms with Crippen LogP contribution in [0.1, 0.15) is 18.5 Å². The summed E-state index contributed by atoms with van der Waals surface area (Å²) < 4.78 is 16.0. The summed E-state index contributed by atoms with van der Waals surface area (Å²) >= 11 is 1.58. The minimum absolute atomic E-state index is 0.105. The highest BCUT2D eigenvalue weighted by molar-refractivity contribution is 7.13. The maximum Gasteiger partial charge on any atom is 0.236 e. The number of nitrogens with zero attached hydrogens (tertiary/aromatic N) is 1. The van der Waals surface area contributed by atoms with Crippen molar-refractivity contribution in [1.82, 2.24) is 5.16 Å². The third-order valence-corrected chi connectivity index (χ3v) is 5.49. The third kappa shape index (κ3) is 2.84. The Morgan fingerprint density at radius 2 is 2.08 bits per heavy atom. The predicted molar refractivity (Wildman–Crippen MR) is 98.9 cm³/mol. The minimum atomic E-state index is -0.635. The second kappa shape index (κ2) is 6.49. The number of hydrogen-bond acceptors (Lipinski definition) is 6. The second-order valence-electron chi connectivity index (χ2n) is 6.16. The maximum absolute atomic E-state index is 12.9. The number of ether oxygens (including phenoxy) is 2. The van der Waals surface area contributed by atoms with E-state index >= 15 is 0 Å². The first-order valence-electron chi connectivity index (χ1n) is 8.21. The van der Waals surface area contributed by atoms with Crippen LogP contribution in [0.4, 0.5) is 5.69 Å². The highest BCUT2D eigenvalue weighted by atomic mass is 32.1. The Balaban J connectivity index is 1.57. The molecule has 2 aromatic heterocycles. The van der Waals surface area contributed by atoms with Crippen molar-refractivity contribution in [3.63, 3.8) is 0 Å². The molecule has 1 amide bonds. The molecule has 1 aliphatic rings. The lowest BCUT2D eigenvalue weighted by Crippen LogP contribution is -2.28. The molecule has 26 heavy (non-hydrogen) atoms. The van der Waals surface area contributed by atoms with Gasteiger partial charge in [-0.3, -0.25) is 4.79 Å². The van der Waals surface area contributed by atoms with Gasteiger partial charge in [-0.1, -0.05) is 11.2 Å². The summed E-state index contributed by atoms with van der Waals surface area (Å²) in [5, 5.41) is 9.10. The molecule has 2 heterocycles. The number of aromatic nitrogens is 1. The largest absolute Gasteiger partial charge is 0.497 e. The number of carbonyl (C=O) groups is 1. The van der Waals surface area contributed by atoms with Crippen LogP contribution in [0.3, 0.4) is 0 Å². The molecule has 1 aromatic carbocycles. The number of thiophene rings is 1. The smallest absolute Gasteiger partial charge is 0.236 e. The highest BCUT2D eigenvalue weighted by Gasteiger charge is 2.54. The molecule has 4 rings (SSSR count). The molecule has 1 fully saturated rings. The van der Waals surface area contributed by atoms with Gasteiger partial charge in [0.25, 0.3) is 0 Å². The first kappa shape index (κ1) is 16.7. The lowest BCUT2D eigenvalue weighted by molar-refractivity contribution is -0.118.